The van der Waals surface area contributed by atoms with Crippen molar-refractivity contribution in [1.82, 2.24) is 14.7 Å². The fourth-order valence-electron chi connectivity index (χ4n) is 3.98. The Morgan fingerprint density at radius 2 is 1.62 bits per heavy atom. The van der Waals surface area contributed by atoms with Crippen LogP contribution in [0.25, 0.3) is 16.9 Å². The van der Waals surface area contributed by atoms with Gasteiger partial charge in [-0.3, -0.25) is 4.79 Å². The third kappa shape index (κ3) is 4.52. The van der Waals surface area contributed by atoms with Gasteiger partial charge in [-0.1, -0.05) is 13.8 Å². The van der Waals surface area contributed by atoms with Gasteiger partial charge in [0.1, 0.15) is 5.82 Å². The summed E-state index contributed by atoms with van der Waals surface area (Å²) in [5, 5.41) is 4.75. The summed E-state index contributed by atoms with van der Waals surface area (Å²) >= 11 is 0. The molecule has 7 heteroatoms. The SMILES string of the molecule is CC.COc1cc2c(cc1OC)-c1c(c(C(=O)N(C)C(C)(C)C)nn1-c1ccc(F)cc1)CC2. The van der Waals surface area contributed by atoms with Crippen LogP contribution in [0, 0.1) is 5.82 Å². The summed E-state index contributed by atoms with van der Waals surface area (Å²) in [6.45, 7) is 9.96. The second-order valence-corrected chi connectivity index (χ2v) is 8.96. The van der Waals surface area contributed by atoms with E-state index < -0.39 is 0 Å². The molecule has 1 heterocycles. The Labute approximate surface area is 201 Å². The van der Waals surface area contributed by atoms with Crippen LogP contribution in [0.1, 0.15) is 56.2 Å². The van der Waals surface area contributed by atoms with Crippen LogP contribution in [0.15, 0.2) is 36.4 Å². The van der Waals surface area contributed by atoms with Crippen LogP contribution in [0.5, 0.6) is 11.5 Å². The van der Waals surface area contributed by atoms with Crippen molar-refractivity contribution >= 4 is 5.91 Å². The van der Waals surface area contributed by atoms with Gasteiger partial charge < -0.3 is 14.4 Å². The summed E-state index contributed by atoms with van der Waals surface area (Å²) in [5.74, 6) is 0.792. The molecular weight excluding hydrogens is 433 g/mol. The fourth-order valence-corrected chi connectivity index (χ4v) is 3.98. The van der Waals surface area contributed by atoms with Crippen molar-refractivity contribution in [3.8, 4) is 28.4 Å². The van der Waals surface area contributed by atoms with Gasteiger partial charge in [-0.05, 0) is 75.6 Å². The maximum absolute atomic E-state index is 13.6. The number of benzene rings is 2. The summed E-state index contributed by atoms with van der Waals surface area (Å²) < 4.78 is 26.4. The highest BCUT2D eigenvalue weighted by Gasteiger charge is 2.33. The summed E-state index contributed by atoms with van der Waals surface area (Å²) in [4.78, 5) is 15.1. The van der Waals surface area contributed by atoms with Gasteiger partial charge in [0, 0.05) is 23.7 Å². The van der Waals surface area contributed by atoms with E-state index in [-0.39, 0.29) is 17.3 Å². The average molecular weight is 468 g/mol. The molecule has 0 spiro atoms. The maximum Gasteiger partial charge on any atom is 0.274 e. The zero-order valence-electron chi connectivity index (χ0n) is 21.3. The molecule has 1 amide bonds. The number of hydrogen-bond acceptors (Lipinski definition) is 4. The molecule has 0 atom stereocenters. The third-order valence-electron chi connectivity index (χ3n) is 6.08. The van der Waals surface area contributed by atoms with E-state index in [1.165, 1.54) is 12.1 Å². The third-order valence-corrected chi connectivity index (χ3v) is 6.08. The maximum atomic E-state index is 13.6. The van der Waals surface area contributed by atoms with Crippen molar-refractivity contribution in [2.45, 2.75) is 53.0 Å². The number of ether oxygens (including phenoxy) is 2. The predicted molar refractivity (Wildman–Crippen MR) is 133 cm³/mol. The molecule has 182 valence electrons. The highest BCUT2D eigenvalue weighted by Crippen LogP contribution is 2.42. The Hall–Kier alpha value is -3.35. The number of aromatic nitrogens is 2. The number of carbonyl (C=O) groups is 1. The van der Waals surface area contributed by atoms with E-state index in [9.17, 15) is 9.18 Å². The molecule has 0 saturated heterocycles. The van der Waals surface area contributed by atoms with Crippen molar-refractivity contribution < 1.29 is 18.7 Å². The van der Waals surface area contributed by atoms with Crippen LogP contribution in [0.2, 0.25) is 0 Å². The van der Waals surface area contributed by atoms with Gasteiger partial charge in [0.05, 0.1) is 25.6 Å². The molecular formula is C27H34FN3O3. The first kappa shape index (κ1) is 25.3. The van der Waals surface area contributed by atoms with Crippen LogP contribution in [0.3, 0.4) is 0 Å². The van der Waals surface area contributed by atoms with Crippen LogP contribution in [-0.4, -0.2) is 47.4 Å². The van der Waals surface area contributed by atoms with Gasteiger partial charge in [-0.25, -0.2) is 9.07 Å². The standard InChI is InChI=1S/C25H28FN3O3.C2H6/c1-25(2,3)28(4)24(30)22-18-12-7-15-13-20(31-5)21(32-6)14-19(15)23(18)29(27-22)17-10-8-16(26)9-11-17;1-2/h8-11,13-14H,7,12H2,1-6H3;1-2H3. The number of aryl methyl sites for hydroxylation is 1. The summed E-state index contributed by atoms with van der Waals surface area (Å²) in [7, 11) is 5.00. The second kappa shape index (κ2) is 9.87. The van der Waals surface area contributed by atoms with Crippen molar-refractivity contribution in [2.75, 3.05) is 21.3 Å². The van der Waals surface area contributed by atoms with E-state index in [2.05, 4.69) is 0 Å². The first-order chi connectivity index (χ1) is 16.2. The number of methoxy groups -OCH3 is 2. The van der Waals surface area contributed by atoms with Crippen molar-refractivity contribution in [3.05, 3.63) is 59.0 Å². The lowest BCUT2D eigenvalue weighted by Crippen LogP contribution is -2.43. The van der Waals surface area contributed by atoms with Crippen molar-refractivity contribution in [3.63, 3.8) is 0 Å². The molecule has 1 aromatic heterocycles. The summed E-state index contributed by atoms with van der Waals surface area (Å²) in [6.07, 6.45) is 1.41. The molecule has 34 heavy (non-hydrogen) atoms. The topological polar surface area (TPSA) is 56.6 Å². The zero-order chi connectivity index (χ0) is 25.2. The Kier molecular flexibility index (Phi) is 7.34. The van der Waals surface area contributed by atoms with Crippen LogP contribution in [-0.2, 0) is 12.8 Å². The molecule has 6 nitrogen and oxygen atoms in total. The number of carbonyl (C=O) groups excluding carboxylic acids is 1. The van der Waals surface area contributed by atoms with Crippen LogP contribution >= 0.6 is 0 Å². The van der Waals surface area contributed by atoms with E-state index >= 15 is 0 Å². The molecule has 1 aliphatic rings. The molecule has 4 rings (SSSR count). The Bertz CT molecular complexity index is 1180. The largest absolute Gasteiger partial charge is 0.493 e. The molecule has 3 aromatic rings. The monoisotopic (exact) mass is 467 g/mol. The molecule has 0 aliphatic heterocycles. The van der Waals surface area contributed by atoms with Crippen molar-refractivity contribution in [1.29, 1.82) is 0 Å². The molecule has 0 unspecified atom stereocenters. The highest BCUT2D eigenvalue weighted by molar-refractivity contribution is 5.97. The quantitative estimate of drug-likeness (QED) is 0.495. The Morgan fingerprint density at radius 1 is 1.03 bits per heavy atom. The van der Waals surface area contributed by atoms with E-state index in [0.29, 0.717) is 29.3 Å². The minimum atomic E-state index is -0.354. The number of nitrogens with zero attached hydrogens (tertiary/aromatic N) is 3. The summed E-state index contributed by atoms with van der Waals surface area (Å²) in [6, 6.07) is 10.0. The lowest BCUT2D eigenvalue weighted by Gasteiger charge is -2.31. The number of halogens is 1. The van der Waals surface area contributed by atoms with Crippen LogP contribution < -0.4 is 9.47 Å². The molecule has 0 bridgehead atoms. The molecule has 0 radical (unpaired) electrons. The second-order valence-electron chi connectivity index (χ2n) is 8.96. The first-order valence-electron chi connectivity index (χ1n) is 11.6. The van der Waals surface area contributed by atoms with E-state index in [1.807, 2.05) is 46.8 Å². The number of fused-ring (bicyclic) bond motifs is 3. The van der Waals surface area contributed by atoms with Gasteiger partial charge >= 0.3 is 0 Å². The van der Waals surface area contributed by atoms with Gasteiger partial charge in [-0.15, -0.1) is 0 Å². The average Bonchev–Trinajstić information content (AvgIpc) is 3.23. The van der Waals surface area contributed by atoms with Crippen molar-refractivity contribution in [2.24, 2.45) is 0 Å². The smallest absolute Gasteiger partial charge is 0.274 e. The van der Waals surface area contributed by atoms with Crippen LogP contribution in [0.4, 0.5) is 4.39 Å². The van der Waals surface area contributed by atoms with Gasteiger partial charge in [-0.2, -0.15) is 5.10 Å². The van der Waals surface area contributed by atoms with E-state index in [4.69, 9.17) is 14.6 Å². The number of hydrogen-bond donors (Lipinski definition) is 0. The zero-order valence-corrected chi connectivity index (χ0v) is 21.3. The predicted octanol–water partition coefficient (Wildman–Crippen LogP) is 5.69. The number of amides is 1. The molecule has 0 saturated carbocycles. The van der Waals surface area contributed by atoms with Gasteiger partial charge in [0.15, 0.2) is 17.2 Å². The minimum absolute atomic E-state index is 0.140. The lowest BCUT2D eigenvalue weighted by atomic mass is 9.88. The summed E-state index contributed by atoms with van der Waals surface area (Å²) in [5.41, 5.74) is 4.47. The Balaban J connectivity index is 0.00000158. The molecule has 0 fully saturated rings. The van der Waals surface area contributed by atoms with E-state index in [1.54, 1.807) is 43.0 Å². The molecule has 0 N–H and O–H groups in total. The molecule has 1 aliphatic carbocycles. The Morgan fingerprint density at radius 3 is 2.18 bits per heavy atom. The van der Waals surface area contributed by atoms with Gasteiger partial charge in [0.2, 0.25) is 0 Å². The number of rotatable bonds is 4. The first-order valence-corrected chi connectivity index (χ1v) is 11.6. The lowest BCUT2D eigenvalue weighted by molar-refractivity contribution is 0.0648. The fraction of sp³-hybridized carbons (Fsp3) is 0.407. The molecule has 2 aromatic carbocycles. The normalized spacial score (nSPS) is 12.1. The van der Waals surface area contributed by atoms with E-state index in [0.717, 1.165) is 28.8 Å². The van der Waals surface area contributed by atoms with Gasteiger partial charge in [0.25, 0.3) is 5.91 Å². The highest BCUT2D eigenvalue weighted by atomic mass is 19.1. The minimum Gasteiger partial charge on any atom is -0.493 e.